The van der Waals surface area contributed by atoms with E-state index < -0.39 is 0 Å². The maximum atomic E-state index is 12.2. The Hall–Kier alpha value is -2.61. The zero-order chi connectivity index (χ0) is 18.4. The van der Waals surface area contributed by atoms with E-state index in [0.717, 1.165) is 12.8 Å². The number of benzene rings is 3. The SMILES string of the molecule is Cc1cccc(CCCOC(=O)C[C@@H](C)c2cccc3ccccc23)c1. The molecular weight excluding hydrogens is 320 g/mol. The van der Waals surface area contributed by atoms with Crippen molar-refractivity contribution in [1.82, 2.24) is 0 Å². The third-order valence-corrected chi connectivity index (χ3v) is 4.78. The highest BCUT2D eigenvalue weighted by molar-refractivity contribution is 5.86. The lowest BCUT2D eigenvalue weighted by atomic mass is 9.92. The summed E-state index contributed by atoms with van der Waals surface area (Å²) < 4.78 is 5.46. The molecule has 1 atom stereocenters. The second-order valence-electron chi connectivity index (χ2n) is 6.99. The average Bonchev–Trinajstić information content (AvgIpc) is 2.65. The molecule has 26 heavy (non-hydrogen) atoms. The molecule has 0 bridgehead atoms. The van der Waals surface area contributed by atoms with Crippen molar-refractivity contribution in [3.8, 4) is 0 Å². The minimum absolute atomic E-state index is 0.116. The van der Waals surface area contributed by atoms with E-state index >= 15 is 0 Å². The maximum absolute atomic E-state index is 12.2. The largest absolute Gasteiger partial charge is 0.466 e. The van der Waals surface area contributed by atoms with Gasteiger partial charge < -0.3 is 4.74 Å². The van der Waals surface area contributed by atoms with Crippen LogP contribution in [0, 0.1) is 6.92 Å². The summed E-state index contributed by atoms with van der Waals surface area (Å²) in [6, 6.07) is 23.1. The van der Waals surface area contributed by atoms with Crippen molar-refractivity contribution >= 4 is 16.7 Å². The summed E-state index contributed by atoms with van der Waals surface area (Å²) in [5, 5.41) is 2.43. The Morgan fingerprint density at radius 2 is 1.77 bits per heavy atom. The summed E-state index contributed by atoms with van der Waals surface area (Å²) >= 11 is 0. The Kier molecular flexibility index (Phi) is 6.06. The molecule has 0 heterocycles. The van der Waals surface area contributed by atoms with Crippen LogP contribution >= 0.6 is 0 Å². The predicted molar refractivity (Wildman–Crippen MR) is 107 cm³/mol. The van der Waals surface area contributed by atoms with E-state index in [1.54, 1.807) is 0 Å². The second-order valence-corrected chi connectivity index (χ2v) is 6.99. The van der Waals surface area contributed by atoms with Crippen LogP contribution in [-0.4, -0.2) is 12.6 Å². The van der Waals surface area contributed by atoms with Gasteiger partial charge in [0.15, 0.2) is 0 Å². The first-order valence-corrected chi connectivity index (χ1v) is 9.32. The molecule has 0 radical (unpaired) electrons. The van der Waals surface area contributed by atoms with E-state index in [9.17, 15) is 4.79 Å². The summed E-state index contributed by atoms with van der Waals surface area (Å²) in [4.78, 5) is 12.2. The fourth-order valence-electron chi connectivity index (χ4n) is 3.43. The summed E-state index contributed by atoms with van der Waals surface area (Å²) in [6.07, 6.45) is 2.21. The summed E-state index contributed by atoms with van der Waals surface area (Å²) in [5.74, 6) is 0.0278. The van der Waals surface area contributed by atoms with Crippen LogP contribution in [0.2, 0.25) is 0 Å². The van der Waals surface area contributed by atoms with Crippen LogP contribution in [-0.2, 0) is 16.0 Å². The first-order chi connectivity index (χ1) is 12.6. The van der Waals surface area contributed by atoms with Crippen LogP contribution in [0.15, 0.2) is 66.7 Å². The normalized spacial score (nSPS) is 12.1. The zero-order valence-electron chi connectivity index (χ0n) is 15.6. The van der Waals surface area contributed by atoms with Crippen molar-refractivity contribution in [2.75, 3.05) is 6.61 Å². The molecule has 2 nitrogen and oxygen atoms in total. The van der Waals surface area contributed by atoms with Crippen molar-refractivity contribution < 1.29 is 9.53 Å². The van der Waals surface area contributed by atoms with Crippen LogP contribution in [0.3, 0.4) is 0 Å². The highest BCUT2D eigenvalue weighted by Crippen LogP contribution is 2.27. The van der Waals surface area contributed by atoms with E-state index in [1.165, 1.54) is 27.5 Å². The lowest BCUT2D eigenvalue weighted by Crippen LogP contribution is -2.10. The van der Waals surface area contributed by atoms with Crippen molar-refractivity contribution in [2.24, 2.45) is 0 Å². The Bertz CT molecular complexity index is 877. The second kappa shape index (κ2) is 8.66. The van der Waals surface area contributed by atoms with Gasteiger partial charge in [0.2, 0.25) is 0 Å². The van der Waals surface area contributed by atoms with Gasteiger partial charge in [0, 0.05) is 0 Å². The molecule has 0 aromatic heterocycles. The molecular formula is C24H26O2. The minimum Gasteiger partial charge on any atom is -0.466 e. The average molecular weight is 346 g/mol. The molecule has 3 rings (SSSR count). The smallest absolute Gasteiger partial charge is 0.306 e. The fraction of sp³-hybridized carbons (Fsp3) is 0.292. The third kappa shape index (κ3) is 4.72. The van der Waals surface area contributed by atoms with E-state index in [2.05, 4.69) is 68.4 Å². The number of esters is 1. The van der Waals surface area contributed by atoms with Gasteiger partial charge in [-0.2, -0.15) is 0 Å². The van der Waals surface area contributed by atoms with Crippen molar-refractivity contribution in [2.45, 2.75) is 39.0 Å². The van der Waals surface area contributed by atoms with Gasteiger partial charge in [0.25, 0.3) is 0 Å². The van der Waals surface area contributed by atoms with Crippen LogP contribution < -0.4 is 0 Å². The Morgan fingerprint density at radius 3 is 2.62 bits per heavy atom. The van der Waals surface area contributed by atoms with Gasteiger partial charge in [-0.05, 0) is 47.6 Å². The molecule has 134 valence electrons. The Balaban J connectivity index is 1.50. The molecule has 0 amide bonds. The van der Waals surface area contributed by atoms with Gasteiger partial charge in [0.05, 0.1) is 13.0 Å². The van der Waals surface area contributed by atoms with E-state index in [0.29, 0.717) is 13.0 Å². The van der Waals surface area contributed by atoms with Gasteiger partial charge in [-0.25, -0.2) is 0 Å². The Morgan fingerprint density at radius 1 is 1.00 bits per heavy atom. The number of fused-ring (bicyclic) bond motifs is 1. The fourth-order valence-corrected chi connectivity index (χ4v) is 3.43. The van der Waals surface area contributed by atoms with Gasteiger partial charge >= 0.3 is 5.97 Å². The van der Waals surface area contributed by atoms with Gasteiger partial charge in [-0.15, -0.1) is 0 Å². The molecule has 0 spiro atoms. The lowest BCUT2D eigenvalue weighted by Gasteiger charge is -2.14. The molecule has 3 aromatic carbocycles. The highest BCUT2D eigenvalue weighted by Gasteiger charge is 2.14. The first kappa shape index (κ1) is 18.2. The van der Waals surface area contributed by atoms with Gasteiger partial charge in [0.1, 0.15) is 0 Å². The van der Waals surface area contributed by atoms with E-state index in [-0.39, 0.29) is 11.9 Å². The molecule has 0 fully saturated rings. The first-order valence-electron chi connectivity index (χ1n) is 9.32. The molecule has 2 heteroatoms. The molecule has 0 saturated heterocycles. The van der Waals surface area contributed by atoms with E-state index in [4.69, 9.17) is 4.74 Å². The number of rotatable bonds is 7. The van der Waals surface area contributed by atoms with Crippen molar-refractivity contribution in [3.63, 3.8) is 0 Å². The van der Waals surface area contributed by atoms with Crippen LogP contribution in [0.25, 0.3) is 10.8 Å². The number of hydrogen-bond acceptors (Lipinski definition) is 2. The van der Waals surface area contributed by atoms with Crippen molar-refractivity contribution in [1.29, 1.82) is 0 Å². The van der Waals surface area contributed by atoms with Crippen LogP contribution in [0.4, 0.5) is 0 Å². The topological polar surface area (TPSA) is 26.3 Å². The number of ether oxygens (including phenoxy) is 1. The lowest BCUT2D eigenvalue weighted by molar-refractivity contribution is -0.144. The van der Waals surface area contributed by atoms with Crippen LogP contribution in [0.5, 0.6) is 0 Å². The summed E-state index contributed by atoms with van der Waals surface area (Å²) in [7, 11) is 0. The molecule has 0 unspecified atom stereocenters. The minimum atomic E-state index is -0.116. The standard InChI is InChI=1S/C24H26O2/c1-18-8-5-9-20(16-18)10-7-15-26-24(25)17-19(2)22-14-6-12-21-11-3-4-13-23(21)22/h3-6,8-9,11-14,16,19H,7,10,15,17H2,1-2H3/t19-/m1/s1. The third-order valence-electron chi connectivity index (χ3n) is 4.78. The van der Waals surface area contributed by atoms with Crippen LogP contribution in [0.1, 0.15) is 42.4 Å². The molecule has 0 saturated carbocycles. The number of hydrogen-bond donors (Lipinski definition) is 0. The maximum Gasteiger partial charge on any atom is 0.306 e. The predicted octanol–water partition coefficient (Wildman–Crippen LogP) is 5.82. The Labute approximate surface area is 155 Å². The number of carbonyl (C=O) groups is 1. The molecule has 0 aliphatic rings. The molecule has 0 N–H and O–H groups in total. The van der Waals surface area contributed by atoms with Crippen molar-refractivity contribution in [3.05, 3.63) is 83.4 Å². The zero-order valence-corrected chi connectivity index (χ0v) is 15.6. The monoisotopic (exact) mass is 346 g/mol. The summed E-state index contributed by atoms with van der Waals surface area (Å²) in [6.45, 7) is 4.67. The van der Waals surface area contributed by atoms with Gasteiger partial charge in [-0.3, -0.25) is 4.79 Å². The summed E-state index contributed by atoms with van der Waals surface area (Å²) in [5.41, 5.74) is 3.77. The quantitative estimate of drug-likeness (QED) is 0.398. The van der Waals surface area contributed by atoms with E-state index in [1.807, 2.05) is 12.1 Å². The molecule has 0 aliphatic carbocycles. The number of aryl methyl sites for hydroxylation is 2. The highest BCUT2D eigenvalue weighted by atomic mass is 16.5. The number of carbonyl (C=O) groups excluding carboxylic acids is 1. The van der Waals surface area contributed by atoms with Gasteiger partial charge in [-0.1, -0.05) is 79.2 Å². The molecule has 3 aromatic rings. The molecule has 0 aliphatic heterocycles.